The van der Waals surface area contributed by atoms with Crippen molar-refractivity contribution in [1.82, 2.24) is 9.62 Å². The molecule has 0 unspecified atom stereocenters. The van der Waals surface area contributed by atoms with Gasteiger partial charge in [0.1, 0.15) is 0 Å². The normalized spacial score (nSPS) is 11.7. The predicted molar refractivity (Wildman–Crippen MR) is 109 cm³/mol. The standard InChI is InChI=1S/C19H22Cl2N2O3S/c1-12(2)22-27(25,26)16-8-5-13(3)17(10-16)19(24)23(4)11-14-6-7-15(20)9-18(14)21/h5-10,12,22H,11H2,1-4H3. The number of nitrogens with zero attached hydrogens (tertiary/aromatic N) is 1. The van der Waals surface area contributed by atoms with E-state index in [0.29, 0.717) is 21.2 Å². The van der Waals surface area contributed by atoms with Crippen LogP contribution in [0, 0.1) is 6.92 Å². The number of carbonyl (C=O) groups is 1. The molecule has 5 nitrogen and oxygen atoms in total. The van der Waals surface area contributed by atoms with Crippen molar-refractivity contribution < 1.29 is 13.2 Å². The summed E-state index contributed by atoms with van der Waals surface area (Å²) in [7, 11) is -2.05. The van der Waals surface area contributed by atoms with Crippen molar-refractivity contribution in [2.75, 3.05) is 7.05 Å². The Bertz CT molecular complexity index is 959. The van der Waals surface area contributed by atoms with Gasteiger partial charge in [0.25, 0.3) is 5.91 Å². The van der Waals surface area contributed by atoms with Crippen molar-refractivity contribution in [3.63, 3.8) is 0 Å². The average molecular weight is 429 g/mol. The van der Waals surface area contributed by atoms with E-state index in [1.807, 2.05) is 0 Å². The van der Waals surface area contributed by atoms with Gasteiger partial charge < -0.3 is 4.90 Å². The highest BCUT2D eigenvalue weighted by atomic mass is 35.5. The van der Waals surface area contributed by atoms with Crippen LogP contribution >= 0.6 is 23.2 Å². The number of carbonyl (C=O) groups excluding carboxylic acids is 1. The van der Waals surface area contributed by atoms with Gasteiger partial charge in [0.05, 0.1) is 4.90 Å². The third-order valence-electron chi connectivity index (χ3n) is 3.91. The quantitative estimate of drug-likeness (QED) is 0.746. The Morgan fingerprint density at radius 1 is 1.15 bits per heavy atom. The van der Waals surface area contributed by atoms with E-state index in [1.54, 1.807) is 52.1 Å². The molecule has 0 aliphatic heterocycles. The molecule has 0 spiro atoms. The molecule has 146 valence electrons. The maximum atomic E-state index is 12.9. The molecule has 0 heterocycles. The van der Waals surface area contributed by atoms with Crippen LogP contribution in [0.2, 0.25) is 10.0 Å². The second kappa shape index (κ2) is 8.61. The molecular weight excluding hydrogens is 407 g/mol. The largest absolute Gasteiger partial charge is 0.337 e. The van der Waals surface area contributed by atoms with Crippen molar-refractivity contribution >= 4 is 39.1 Å². The zero-order valence-corrected chi connectivity index (χ0v) is 17.9. The van der Waals surface area contributed by atoms with E-state index in [0.717, 1.165) is 5.56 Å². The predicted octanol–water partition coefficient (Wildman–Crippen LogP) is 4.26. The Balaban J connectivity index is 2.31. The lowest BCUT2D eigenvalue weighted by molar-refractivity contribution is 0.0784. The molecule has 8 heteroatoms. The summed E-state index contributed by atoms with van der Waals surface area (Å²) in [5.41, 5.74) is 1.77. The van der Waals surface area contributed by atoms with Crippen LogP contribution in [-0.4, -0.2) is 32.3 Å². The fraction of sp³-hybridized carbons (Fsp3) is 0.316. The molecule has 2 rings (SSSR count). The third-order valence-corrected chi connectivity index (χ3v) is 6.15. The molecule has 1 N–H and O–H groups in total. The Kier molecular flexibility index (Phi) is 6.92. The van der Waals surface area contributed by atoms with Crippen LogP contribution in [-0.2, 0) is 16.6 Å². The van der Waals surface area contributed by atoms with Gasteiger partial charge in [-0.2, -0.15) is 0 Å². The average Bonchev–Trinajstić information content (AvgIpc) is 2.55. The number of aryl methyl sites for hydroxylation is 1. The molecule has 27 heavy (non-hydrogen) atoms. The van der Waals surface area contributed by atoms with Crippen LogP contribution < -0.4 is 4.72 Å². The van der Waals surface area contributed by atoms with E-state index >= 15 is 0 Å². The molecular formula is C19H22Cl2N2O3S. The zero-order valence-electron chi connectivity index (χ0n) is 15.6. The van der Waals surface area contributed by atoms with Gasteiger partial charge in [-0.05, 0) is 56.2 Å². The second-order valence-corrected chi connectivity index (χ2v) is 9.21. The van der Waals surface area contributed by atoms with E-state index in [-0.39, 0.29) is 23.4 Å². The number of hydrogen-bond acceptors (Lipinski definition) is 3. The van der Waals surface area contributed by atoms with Crippen LogP contribution in [0.5, 0.6) is 0 Å². The minimum absolute atomic E-state index is 0.0584. The molecule has 0 aromatic heterocycles. The molecule has 0 atom stereocenters. The first kappa shape index (κ1) is 21.7. The fourth-order valence-corrected chi connectivity index (χ4v) is 4.31. The number of amides is 1. The molecule has 1 amide bonds. The first-order chi connectivity index (χ1) is 12.5. The molecule has 0 aliphatic carbocycles. The summed E-state index contributed by atoms with van der Waals surface area (Å²) < 4.78 is 27.3. The number of sulfonamides is 1. The molecule has 2 aromatic carbocycles. The summed E-state index contributed by atoms with van der Waals surface area (Å²) >= 11 is 12.1. The highest BCUT2D eigenvalue weighted by molar-refractivity contribution is 7.89. The maximum Gasteiger partial charge on any atom is 0.254 e. The van der Waals surface area contributed by atoms with Crippen molar-refractivity contribution in [2.24, 2.45) is 0 Å². The van der Waals surface area contributed by atoms with E-state index in [4.69, 9.17) is 23.2 Å². The van der Waals surface area contributed by atoms with Gasteiger partial charge in [-0.25, -0.2) is 13.1 Å². The molecule has 0 saturated carbocycles. The molecule has 0 aliphatic rings. The summed E-state index contributed by atoms with van der Waals surface area (Å²) in [6.07, 6.45) is 0. The lowest BCUT2D eigenvalue weighted by Crippen LogP contribution is -2.31. The summed E-state index contributed by atoms with van der Waals surface area (Å²) in [6.45, 7) is 5.51. The van der Waals surface area contributed by atoms with E-state index in [1.165, 1.54) is 17.0 Å². The van der Waals surface area contributed by atoms with Gasteiger partial charge in [0, 0.05) is 35.2 Å². The Hall–Kier alpha value is -1.60. The number of hydrogen-bond donors (Lipinski definition) is 1. The van der Waals surface area contributed by atoms with Crippen molar-refractivity contribution in [2.45, 2.75) is 38.3 Å². The van der Waals surface area contributed by atoms with E-state index in [2.05, 4.69) is 4.72 Å². The lowest BCUT2D eigenvalue weighted by atomic mass is 10.1. The highest BCUT2D eigenvalue weighted by Crippen LogP contribution is 2.23. The monoisotopic (exact) mass is 428 g/mol. The summed E-state index contributed by atoms with van der Waals surface area (Å²) in [4.78, 5) is 14.4. The van der Waals surface area contributed by atoms with Crippen LogP contribution in [0.1, 0.15) is 35.3 Å². The minimum atomic E-state index is -3.68. The highest BCUT2D eigenvalue weighted by Gasteiger charge is 2.21. The number of halogens is 2. The van der Waals surface area contributed by atoms with Crippen molar-refractivity contribution in [3.05, 3.63) is 63.1 Å². The maximum absolute atomic E-state index is 12.9. The summed E-state index contributed by atoms with van der Waals surface area (Å²) in [6, 6.07) is 9.37. The third kappa shape index (κ3) is 5.45. The van der Waals surface area contributed by atoms with Crippen molar-refractivity contribution in [1.29, 1.82) is 0 Å². The van der Waals surface area contributed by atoms with Gasteiger partial charge >= 0.3 is 0 Å². The molecule has 2 aromatic rings. The second-order valence-electron chi connectivity index (χ2n) is 6.65. The fourth-order valence-electron chi connectivity index (χ4n) is 2.56. The van der Waals surface area contributed by atoms with Crippen molar-refractivity contribution in [3.8, 4) is 0 Å². The first-order valence-corrected chi connectivity index (χ1v) is 10.6. The number of benzene rings is 2. The van der Waals surface area contributed by atoms with Crippen LogP contribution in [0.3, 0.4) is 0 Å². The minimum Gasteiger partial charge on any atom is -0.337 e. The smallest absolute Gasteiger partial charge is 0.254 e. The van der Waals surface area contributed by atoms with Gasteiger partial charge in [0.2, 0.25) is 10.0 Å². The molecule has 0 fully saturated rings. The van der Waals surface area contributed by atoms with Gasteiger partial charge in [0.15, 0.2) is 0 Å². The Labute approximate surface area is 170 Å². The number of rotatable bonds is 6. The van der Waals surface area contributed by atoms with Gasteiger partial charge in [-0.1, -0.05) is 35.3 Å². The molecule has 0 radical (unpaired) electrons. The lowest BCUT2D eigenvalue weighted by Gasteiger charge is -2.20. The summed E-state index contributed by atoms with van der Waals surface area (Å²) in [5, 5.41) is 0.987. The van der Waals surface area contributed by atoms with E-state index < -0.39 is 10.0 Å². The van der Waals surface area contributed by atoms with Gasteiger partial charge in [-0.3, -0.25) is 4.79 Å². The molecule has 0 saturated heterocycles. The Morgan fingerprint density at radius 3 is 2.41 bits per heavy atom. The first-order valence-electron chi connectivity index (χ1n) is 8.33. The zero-order chi connectivity index (χ0) is 20.4. The SMILES string of the molecule is Cc1ccc(S(=O)(=O)NC(C)C)cc1C(=O)N(C)Cc1ccc(Cl)cc1Cl. The number of nitrogens with one attached hydrogen (secondary N) is 1. The van der Waals surface area contributed by atoms with Crippen LogP contribution in [0.25, 0.3) is 0 Å². The Morgan fingerprint density at radius 2 is 1.81 bits per heavy atom. The van der Waals surface area contributed by atoms with E-state index in [9.17, 15) is 13.2 Å². The van der Waals surface area contributed by atoms with Gasteiger partial charge in [-0.15, -0.1) is 0 Å². The topological polar surface area (TPSA) is 66.5 Å². The summed E-state index contributed by atoms with van der Waals surface area (Å²) in [5.74, 6) is -0.292. The van der Waals surface area contributed by atoms with Crippen LogP contribution in [0.15, 0.2) is 41.3 Å². The van der Waals surface area contributed by atoms with Crippen LogP contribution in [0.4, 0.5) is 0 Å². The molecule has 0 bridgehead atoms.